The number of rotatable bonds is 3. The maximum Gasteiger partial charge on any atom is 0.310 e. The Bertz CT molecular complexity index is 545. The molecule has 1 aromatic carbocycles. The summed E-state index contributed by atoms with van der Waals surface area (Å²) in [5.41, 5.74) is 0.494. The molecule has 2 heterocycles. The van der Waals surface area contributed by atoms with Gasteiger partial charge in [-0.3, -0.25) is 9.69 Å². The average molecular weight is 277 g/mol. The first kappa shape index (κ1) is 13.2. The van der Waals surface area contributed by atoms with E-state index < -0.39 is 11.4 Å². The Hall–Kier alpha value is -1.75. The van der Waals surface area contributed by atoms with Crippen molar-refractivity contribution >= 4 is 5.97 Å². The van der Waals surface area contributed by atoms with E-state index in [4.69, 9.17) is 9.47 Å². The maximum absolute atomic E-state index is 11.3. The van der Waals surface area contributed by atoms with E-state index in [0.717, 1.165) is 23.6 Å². The molecule has 1 aromatic rings. The van der Waals surface area contributed by atoms with Crippen LogP contribution in [0.5, 0.6) is 11.5 Å². The van der Waals surface area contributed by atoms with E-state index in [1.807, 2.05) is 25.1 Å². The normalized spacial score (nSPS) is 26.7. The van der Waals surface area contributed by atoms with Crippen LogP contribution < -0.4 is 9.47 Å². The van der Waals surface area contributed by atoms with Crippen LogP contribution in [0, 0.1) is 5.41 Å². The van der Waals surface area contributed by atoms with Gasteiger partial charge in [-0.1, -0.05) is 6.07 Å². The topological polar surface area (TPSA) is 59.0 Å². The molecular formula is C15H19NO4. The molecule has 3 rings (SSSR count). The molecule has 2 aliphatic heterocycles. The molecular weight excluding hydrogens is 258 g/mol. The van der Waals surface area contributed by atoms with Crippen molar-refractivity contribution in [3.63, 3.8) is 0 Å². The minimum Gasteiger partial charge on any atom is -0.481 e. The summed E-state index contributed by atoms with van der Waals surface area (Å²) in [7, 11) is 0. The predicted octanol–water partition coefficient (Wildman–Crippen LogP) is 2.27. The van der Waals surface area contributed by atoms with Crippen LogP contribution in [0.3, 0.4) is 0 Å². The van der Waals surface area contributed by atoms with Crippen molar-refractivity contribution in [2.24, 2.45) is 5.41 Å². The average Bonchev–Trinajstić information content (AvgIpc) is 3.04. The fraction of sp³-hybridized carbons (Fsp3) is 0.533. The smallest absolute Gasteiger partial charge is 0.310 e. The van der Waals surface area contributed by atoms with E-state index in [1.165, 1.54) is 0 Å². The zero-order valence-corrected chi connectivity index (χ0v) is 11.8. The number of carbonyl (C=O) groups is 1. The van der Waals surface area contributed by atoms with Crippen molar-refractivity contribution in [1.29, 1.82) is 0 Å². The molecule has 0 radical (unpaired) electrons. The van der Waals surface area contributed by atoms with E-state index in [9.17, 15) is 9.90 Å². The number of hydrogen-bond donors (Lipinski definition) is 1. The molecule has 0 saturated carbocycles. The highest BCUT2D eigenvalue weighted by atomic mass is 16.7. The molecule has 0 aliphatic carbocycles. The van der Waals surface area contributed by atoms with E-state index in [0.29, 0.717) is 13.0 Å². The minimum absolute atomic E-state index is 0.172. The highest BCUT2D eigenvalue weighted by Crippen LogP contribution is 2.39. The summed E-state index contributed by atoms with van der Waals surface area (Å²) in [6.45, 7) is 5.58. The largest absolute Gasteiger partial charge is 0.481 e. The van der Waals surface area contributed by atoms with E-state index >= 15 is 0 Å². The Labute approximate surface area is 118 Å². The second kappa shape index (κ2) is 4.66. The molecule has 2 aliphatic rings. The van der Waals surface area contributed by atoms with Crippen molar-refractivity contribution in [1.82, 2.24) is 4.90 Å². The number of likely N-dealkylation sites (tertiary alicyclic amines) is 1. The van der Waals surface area contributed by atoms with Gasteiger partial charge >= 0.3 is 5.97 Å². The molecule has 2 unspecified atom stereocenters. The Morgan fingerprint density at radius 1 is 1.40 bits per heavy atom. The lowest BCUT2D eigenvalue weighted by Gasteiger charge is -2.26. The van der Waals surface area contributed by atoms with Crippen molar-refractivity contribution < 1.29 is 19.4 Å². The number of ether oxygens (including phenoxy) is 2. The second-order valence-electron chi connectivity index (χ2n) is 5.87. The van der Waals surface area contributed by atoms with Crippen molar-refractivity contribution in [3.05, 3.63) is 23.8 Å². The number of nitrogens with zero attached hydrogens (tertiary/aromatic N) is 1. The van der Waals surface area contributed by atoms with Gasteiger partial charge in [0.05, 0.1) is 5.41 Å². The van der Waals surface area contributed by atoms with Gasteiger partial charge in [0.2, 0.25) is 6.79 Å². The van der Waals surface area contributed by atoms with Gasteiger partial charge in [-0.25, -0.2) is 0 Å². The van der Waals surface area contributed by atoms with Crippen LogP contribution in [0.2, 0.25) is 0 Å². The van der Waals surface area contributed by atoms with Crippen LogP contribution in [0.4, 0.5) is 0 Å². The van der Waals surface area contributed by atoms with E-state index in [1.54, 1.807) is 0 Å². The Balaban J connectivity index is 1.77. The van der Waals surface area contributed by atoms with Gasteiger partial charge in [0.1, 0.15) is 0 Å². The van der Waals surface area contributed by atoms with E-state index in [2.05, 4.69) is 11.8 Å². The number of carboxylic acid groups (broad SMARTS) is 1. The lowest BCUT2D eigenvalue weighted by molar-refractivity contribution is -0.147. The first-order valence-corrected chi connectivity index (χ1v) is 6.87. The molecule has 0 bridgehead atoms. The van der Waals surface area contributed by atoms with Gasteiger partial charge in [0, 0.05) is 12.6 Å². The summed E-state index contributed by atoms with van der Waals surface area (Å²) in [5.74, 6) is 0.838. The fourth-order valence-corrected chi connectivity index (χ4v) is 2.89. The first-order valence-electron chi connectivity index (χ1n) is 6.87. The SMILES string of the molecule is CC(c1ccc2c(c1)OCO2)N1CCC(C)(C(=O)O)C1. The van der Waals surface area contributed by atoms with Crippen LogP contribution in [-0.4, -0.2) is 35.9 Å². The van der Waals surface area contributed by atoms with E-state index in [-0.39, 0.29) is 12.8 Å². The highest BCUT2D eigenvalue weighted by Gasteiger charge is 2.42. The summed E-state index contributed by atoms with van der Waals surface area (Å²) in [5, 5.41) is 9.31. The van der Waals surface area contributed by atoms with Crippen molar-refractivity contribution in [2.45, 2.75) is 26.3 Å². The second-order valence-corrected chi connectivity index (χ2v) is 5.87. The highest BCUT2D eigenvalue weighted by molar-refractivity contribution is 5.74. The van der Waals surface area contributed by atoms with Crippen LogP contribution in [0.25, 0.3) is 0 Å². The van der Waals surface area contributed by atoms with Gasteiger partial charge in [-0.15, -0.1) is 0 Å². The van der Waals surface area contributed by atoms with Crippen LogP contribution >= 0.6 is 0 Å². The van der Waals surface area contributed by atoms with Crippen LogP contribution in [0.1, 0.15) is 31.9 Å². The molecule has 1 saturated heterocycles. The van der Waals surface area contributed by atoms with Gasteiger partial charge in [0.15, 0.2) is 11.5 Å². The van der Waals surface area contributed by atoms with Crippen molar-refractivity contribution in [2.75, 3.05) is 19.9 Å². The number of benzene rings is 1. The van der Waals surface area contributed by atoms with Gasteiger partial charge < -0.3 is 14.6 Å². The molecule has 5 heteroatoms. The molecule has 0 aromatic heterocycles. The lowest BCUT2D eigenvalue weighted by Crippen LogP contribution is -2.32. The predicted molar refractivity (Wildman–Crippen MR) is 72.9 cm³/mol. The lowest BCUT2D eigenvalue weighted by atomic mass is 9.90. The summed E-state index contributed by atoms with van der Waals surface area (Å²) < 4.78 is 10.7. The molecule has 2 atom stereocenters. The standard InChI is InChI=1S/C15H19NO4/c1-10(16-6-5-15(2,8-16)14(17)18)11-3-4-12-13(7-11)20-9-19-12/h3-4,7,10H,5-6,8-9H2,1-2H3,(H,17,18). The third kappa shape index (κ3) is 2.12. The molecule has 20 heavy (non-hydrogen) atoms. The molecule has 0 amide bonds. The third-order valence-electron chi connectivity index (χ3n) is 4.45. The van der Waals surface area contributed by atoms with Crippen LogP contribution in [0.15, 0.2) is 18.2 Å². The first-order chi connectivity index (χ1) is 9.49. The molecule has 108 valence electrons. The summed E-state index contributed by atoms with van der Waals surface area (Å²) in [6.07, 6.45) is 0.692. The third-order valence-corrected chi connectivity index (χ3v) is 4.45. The fourth-order valence-electron chi connectivity index (χ4n) is 2.89. The summed E-state index contributed by atoms with van der Waals surface area (Å²) in [4.78, 5) is 13.5. The maximum atomic E-state index is 11.3. The molecule has 1 N–H and O–H groups in total. The number of fused-ring (bicyclic) bond motifs is 1. The Kier molecular flexibility index (Phi) is 3.09. The zero-order chi connectivity index (χ0) is 14.3. The Morgan fingerprint density at radius 3 is 2.85 bits per heavy atom. The van der Waals surface area contributed by atoms with Gasteiger partial charge in [0.25, 0.3) is 0 Å². The van der Waals surface area contributed by atoms with Gasteiger partial charge in [-0.2, -0.15) is 0 Å². The quantitative estimate of drug-likeness (QED) is 0.918. The monoisotopic (exact) mass is 277 g/mol. The van der Waals surface area contributed by atoms with Gasteiger partial charge in [-0.05, 0) is 44.5 Å². The number of aliphatic carboxylic acids is 1. The molecule has 0 spiro atoms. The number of carboxylic acids is 1. The van der Waals surface area contributed by atoms with Crippen molar-refractivity contribution in [3.8, 4) is 11.5 Å². The van der Waals surface area contributed by atoms with Crippen LogP contribution in [-0.2, 0) is 4.79 Å². The Morgan fingerprint density at radius 2 is 2.15 bits per heavy atom. The zero-order valence-electron chi connectivity index (χ0n) is 11.8. The summed E-state index contributed by atoms with van der Waals surface area (Å²) in [6, 6.07) is 6.10. The molecule has 5 nitrogen and oxygen atoms in total. The minimum atomic E-state index is -0.710. The number of hydrogen-bond acceptors (Lipinski definition) is 4. The summed E-state index contributed by atoms with van der Waals surface area (Å²) >= 11 is 0. The molecule has 1 fully saturated rings.